The molecule has 23 heavy (non-hydrogen) atoms. The van der Waals surface area contributed by atoms with E-state index in [1.54, 1.807) is 19.2 Å². The largest absolute Gasteiger partial charge is 0.243 e. The summed E-state index contributed by atoms with van der Waals surface area (Å²) in [5, 5.41) is 1.28. The fourth-order valence-corrected chi connectivity index (χ4v) is 4.79. The fraction of sp³-hybridized carbons (Fsp3) is 0.188. The summed E-state index contributed by atoms with van der Waals surface area (Å²) < 4.78 is 27.9. The molecule has 0 aliphatic rings. The van der Waals surface area contributed by atoms with Gasteiger partial charge in [0.15, 0.2) is 0 Å². The number of sulfonamides is 1. The molecule has 3 rings (SSSR count). The summed E-state index contributed by atoms with van der Waals surface area (Å²) in [5.41, 5.74) is 0.886. The van der Waals surface area contributed by atoms with E-state index in [1.165, 1.54) is 27.8 Å². The highest BCUT2D eigenvalue weighted by Crippen LogP contribution is 2.31. The van der Waals surface area contributed by atoms with E-state index < -0.39 is 10.0 Å². The minimum absolute atomic E-state index is 0.220. The van der Waals surface area contributed by atoms with Crippen molar-refractivity contribution in [3.8, 4) is 0 Å². The van der Waals surface area contributed by atoms with Crippen LogP contribution in [0.15, 0.2) is 53.4 Å². The van der Waals surface area contributed by atoms with E-state index >= 15 is 0 Å². The van der Waals surface area contributed by atoms with Crippen LogP contribution in [0.1, 0.15) is 18.0 Å². The Balaban J connectivity index is 1.94. The van der Waals surface area contributed by atoms with Crippen LogP contribution in [0.5, 0.6) is 0 Å². The molecule has 0 fully saturated rings. The van der Waals surface area contributed by atoms with E-state index in [4.69, 9.17) is 11.6 Å². The normalized spacial score (nSPS) is 13.6. The third-order valence-electron chi connectivity index (χ3n) is 3.70. The van der Waals surface area contributed by atoms with Crippen LogP contribution in [0.25, 0.3) is 10.2 Å². The average molecular weight is 367 g/mol. The van der Waals surface area contributed by atoms with Crippen LogP contribution in [0.3, 0.4) is 0 Å². The van der Waals surface area contributed by atoms with Gasteiger partial charge in [-0.1, -0.05) is 23.7 Å². The van der Waals surface area contributed by atoms with Gasteiger partial charge < -0.3 is 0 Å². The predicted octanol–water partition coefficient (Wildman–Crippen LogP) is 4.33. The van der Waals surface area contributed by atoms with Crippen LogP contribution in [0, 0.1) is 0 Å². The van der Waals surface area contributed by atoms with Crippen molar-refractivity contribution in [3.05, 3.63) is 58.6 Å². The summed E-state index contributed by atoms with van der Waals surface area (Å²) in [6.07, 6.45) is 0. The number of thiazole rings is 1. The van der Waals surface area contributed by atoms with E-state index in [0.29, 0.717) is 5.02 Å². The molecule has 3 aromatic rings. The first-order valence-electron chi connectivity index (χ1n) is 6.98. The molecular formula is C16H15ClN2O2S2. The summed E-state index contributed by atoms with van der Waals surface area (Å²) in [7, 11) is -2.03. The molecule has 0 unspecified atom stereocenters. The number of halogens is 1. The molecule has 0 radical (unpaired) electrons. The van der Waals surface area contributed by atoms with Gasteiger partial charge in [-0.3, -0.25) is 0 Å². The second kappa shape index (κ2) is 6.20. The molecule has 0 spiro atoms. The van der Waals surface area contributed by atoms with E-state index in [-0.39, 0.29) is 10.9 Å². The highest BCUT2D eigenvalue weighted by molar-refractivity contribution is 7.89. The molecular weight excluding hydrogens is 352 g/mol. The van der Waals surface area contributed by atoms with Crippen molar-refractivity contribution in [2.75, 3.05) is 7.05 Å². The van der Waals surface area contributed by atoms with Crippen LogP contribution in [0.4, 0.5) is 0 Å². The maximum atomic E-state index is 12.7. The van der Waals surface area contributed by atoms with E-state index in [2.05, 4.69) is 4.98 Å². The third-order valence-corrected chi connectivity index (χ3v) is 7.10. The van der Waals surface area contributed by atoms with Gasteiger partial charge in [0.1, 0.15) is 5.01 Å². The number of hydrogen-bond acceptors (Lipinski definition) is 4. The van der Waals surface area contributed by atoms with Crippen LogP contribution < -0.4 is 0 Å². The molecule has 0 amide bonds. The van der Waals surface area contributed by atoms with Crippen LogP contribution in [-0.4, -0.2) is 24.8 Å². The molecule has 1 aromatic heterocycles. The van der Waals surface area contributed by atoms with Gasteiger partial charge in [0, 0.05) is 12.1 Å². The molecule has 0 aliphatic heterocycles. The zero-order chi connectivity index (χ0) is 16.6. The van der Waals surface area contributed by atoms with Crippen LogP contribution >= 0.6 is 22.9 Å². The smallest absolute Gasteiger partial charge is 0.239 e. The molecule has 0 aliphatic carbocycles. The number of fused-ring (bicyclic) bond motifs is 1. The lowest BCUT2D eigenvalue weighted by Gasteiger charge is -2.22. The average Bonchev–Trinajstić information content (AvgIpc) is 2.98. The quantitative estimate of drug-likeness (QED) is 0.690. The zero-order valence-electron chi connectivity index (χ0n) is 12.6. The third kappa shape index (κ3) is 3.12. The minimum atomic E-state index is -3.60. The molecule has 2 aromatic carbocycles. The van der Waals surface area contributed by atoms with Gasteiger partial charge in [0.05, 0.1) is 21.2 Å². The molecule has 0 saturated heterocycles. The lowest BCUT2D eigenvalue weighted by molar-refractivity contribution is 0.398. The molecule has 1 heterocycles. The predicted molar refractivity (Wildman–Crippen MR) is 94.4 cm³/mol. The van der Waals surface area contributed by atoms with Crippen molar-refractivity contribution in [1.29, 1.82) is 0 Å². The maximum absolute atomic E-state index is 12.7. The highest BCUT2D eigenvalue weighted by Gasteiger charge is 2.28. The summed E-state index contributed by atoms with van der Waals surface area (Å²) in [4.78, 5) is 4.77. The number of aromatic nitrogens is 1. The van der Waals surface area contributed by atoms with E-state index in [9.17, 15) is 8.42 Å². The molecule has 0 bridgehead atoms. The first kappa shape index (κ1) is 16.4. The Kier molecular flexibility index (Phi) is 4.42. The van der Waals surface area contributed by atoms with Crippen molar-refractivity contribution in [2.24, 2.45) is 0 Å². The summed E-state index contributed by atoms with van der Waals surface area (Å²) in [6, 6.07) is 13.6. The topological polar surface area (TPSA) is 50.3 Å². The number of benzene rings is 2. The molecule has 1 atom stereocenters. The monoisotopic (exact) mass is 366 g/mol. The first-order valence-corrected chi connectivity index (χ1v) is 9.62. The Hall–Kier alpha value is -1.47. The lowest BCUT2D eigenvalue weighted by atomic mass is 10.3. The van der Waals surface area contributed by atoms with Gasteiger partial charge in [-0.2, -0.15) is 4.31 Å². The molecule has 120 valence electrons. The van der Waals surface area contributed by atoms with Gasteiger partial charge in [-0.15, -0.1) is 11.3 Å². The minimum Gasteiger partial charge on any atom is -0.239 e. The van der Waals surface area contributed by atoms with E-state index in [1.807, 2.05) is 31.2 Å². The van der Waals surface area contributed by atoms with Gasteiger partial charge in [-0.25, -0.2) is 13.4 Å². The van der Waals surface area contributed by atoms with Crippen molar-refractivity contribution in [1.82, 2.24) is 9.29 Å². The summed E-state index contributed by atoms with van der Waals surface area (Å²) in [6.45, 7) is 1.84. The second-order valence-corrected chi connectivity index (χ2v) is 8.67. The lowest BCUT2D eigenvalue weighted by Crippen LogP contribution is -2.29. The van der Waals surface area contributed by atoms with Crippen molar-refractivity contribution in [3.63, 3.8) is 0 Å². The Morgan fingerprint density at radius 2 is 1.78 bits per heavy atom. The number of rotatable bonds is 4. The van der Waals surface area contributed by atoms with Gasteiger partial charge in [0.25, 0.3) is 0 Å². The fourth-order valence-electron chi connectivity index (χ4n) is 2.21. The number of para-hydroxylation sites is 1. The SMILES string of the molecule is C[C@H](c1nc2ccccc2s1)N(C)S(=O)(=O)c1ccc(Cl)cc1. The van der Waals surface area contributed by atoms with Gasteiger partial charge in [0.2, 0.25) is 10.0 Å². The zero-order valence-corrected chi connectivity index (χ0v) is 15.0. The standard InChI is InChI=1S/C16H15ClN2O2S2/c1-11(16-18-14-5-3-4-6-15(14)22-16)19(2)23(20,21)13-9-7-12(17)8-10-13/h3-11H,1-2H3/t11-/m1/s1. The summed E-state index contributed by atoms with van der Waals surface area (Å²) >= 11 is 7.34. The Morgan fingerprint density at radius 1 is 1.13 bits per heavy atom. The highest BCUT2D eigenvalue weighted by atomic mass is 35.5. The molecule has 0 N–H and O–H groups in total. The van der Waals surface area contributed by atoms with E-state index in [0.717, 1.165) is 15.2 Å². The van der Waals surface area contributed by atoms with Crippen LogP contribution in [0.2, 0.25) is 5.02 Å². The Labute approximate surface area is 144 Å². The van der Waals surface area contributed by atoms with Gasteiger partial charge >= 0.3 is 0 Å². The molecule has 7 heteroatoms. The Morgan fingerprint density at radius 3 is 2.43 bits per heavy atom. The summed E-state index contributed by atoms with van der Waals surface area (Å²) in [5.74, 6) is 0. The molecule has 0 saturated carbocycles. The van der Waals surface area contributed by atoms with Crippen molar-refractivity contribution >= 4 is 43.2 Å². The Bertz CT molecular complexity index is 903. The number of nitrogens with zero attached hydrogens (tertiary/aromatic N) is 2. The number of hydrogen-bond donors (Lipinski definition) is 0. The van der Waals surface area contributed by atoms with Gasteiger partial charge in [-0.05, 0) is 43.3 Å². The first-order chi connectivity index (χ1) is 10.9. The second-order valence-electron chi connectivity index (χ2n) is 5.17. The van der Waals surface area contributed by atoms with Crippen molar-refractivity contribution < 1.29 is 8.42 Å². The molecule has 4 nitrogen and oxygen atoms in total. The maximum Gasteiger partial charge on any atom is 0.243 e. The van der Waals surface area contributed by atoms with Crippen molar-refractivity contribution in [2.45, 2.75) is 17.9 Å². The van der Waals surface area contributed by atoms with Crippen LogP contribution in [-0.2, 0) is 10.0 Å².